The van der Waals surface area contributed by atoms with Crippen LogP contribution in [0.25, 0.3) is 22.2 Å². The summed E-state index contributed by atoms with van der Waals surface area (Å²) in [5.41, 5.74) is 2.62. The van der Waals surface area contributed by atoms with E-state index in [1.165, 1.54) is 25.3 Å². The van der Waals surface area contributed by atoms with Gasteiger partial charge < -0.3 is 14.8 Å². The molecular weight excluding hydrogens is 427 g/mol. The number of halogens is 2. The standard InChI is InChI=1S/C25H28ClFN4O/c1-25(2)15-28-10-11-31(25)24(32)22-9-7-18-19(17-6-8-20(26)21(27)12-17)14-30(23(18)29-22)13-16-4-3-5-16/h6-9,12,14,16,28H,3-5,10-11,13,15H2,1-2H3. The lowest BCUT2D eigenvalue weighted by molar-refractivity contribution is 0.0472. The van der Waals surface area contributed by atoms with Crippen LogP contribution in [0.2, 0.25) is 5.02 Å². The first-order chi connectivity index (χ1) is 15.3. The Hall–Kier alpha value is -2.44. The Labute approximate surface area is 192 Å². The molecule has 2 aromatic heterocycles. The third kappa shape index (κ3) is 3.80. The molecule has 1 aliphatic heterocycles. The van der Waals surface area contributed by atoms with Crippen LogP contribution < -0.4 is 5.32 Å². The van der Waals surface area contributed by atoms with Crippen LogP contribution in [0.5, 0.6) is 0 Å². The van der Waals surface area contributed by atoms with Gasteiger partial charge in [0.2, 0.25) is 0 Å². The van der Waals surface area contributed by atoms with E-state index in [0.29, 0.717) is 18.2 Å². The molecule has 3 heterocycles. The average Bonchev–Trinajstić information content (AvgIpc) is 3.10. The van der Waals surface area contributed by atoms with E-state index in [9.17, 15) is 9.18 Å². The lowest BCUT2D eigenvalue weighted by Gasteiger charge is -2.42. The number of nitrogens with zero attached hydrogens (tertiary/aromatic N) is 3. The van der Waals surface area contributed by atoms with Gasteiger partial charge in [0, 0.05) is 43.3 Å². The molecule has 3 aromatic rings. The summed E-state index contributed by atoms with van der Waals surface area (Å²) < 4.78 is 16.3. The first kappa shape index (κ1) is 21.4. The molecule has 168 valence electrons. The van der Waals surface area contributed by atoms with Gasteiger partial charge in [-0.15, -0.1) is 0 Å². The molecule has 0 radical (unpaired) electrons. The number of aromatic nitrogens is 2. The predicted octanol–water partition coefficient (Wildman–Crippen LogP) is 5.12. The Morgan fingerprint density at radius 3 is 2.78 bits per heavy atom. The van der Waals surface area contributed by atoms with E-state index in [2.05, 4.69) is 23.7 Å². The number of hydrogen-bond donors (Lipinski definition) is 1. The fraction of sp³-hybridized carbons (Fsp3) is 0.440. The molecule has 0 unspecified atom stereocenters. The topological polar surface area (TPSA) is 50.2 Å². The van der Waals surface area contributed by atoms with E-state index < -0.39 is 5.82 Å². The smallest absolute Gasteiger partial charge is 0.273 e. The van der Waals surface area contributed by atoms with Crippen LogP contribution in [0.4, 0.5) is 4.39 Å². The number of carbonyl (C=O) groups excluding carboxylic acids is 1. The summed E-state index contributed by atoms with van der Waals surface area (Å²) in [7, 11) is 0. The molecule has 1 N–H and O–H groups in total. The Morgan fingerprint density at radius 2 is 2.09 bits per heavy atom. The van der Waals surface area contributed by atoms with Gasteiger partial charge in [-0.3, -0.25) is 4.79 Å². The maximum Gasteiger partial charge on any atom is 0.273 e. The van der Waals surface area contributed by atoms with Crippen LogP contribution >= 0.6 is 11.6 Å². The highest BCUT2D eigenvalue weighted by molar-refractivity contribution is 6.30. The molecule has 1 aliphatic carbocycles. The van der Waals surface area contributed by atoms with E-state index in [-0.39, 0.29) is 16.5 Å². The second-order valence-corrected chi connectivity index (χ2v) is 10.0. The highest BCUT2D eigenvalue weighted by atomic mass is 35.5. The zero-order valence-electron chi connectivity index (χ0n) is 18.5. The first-order valence-corrected chi connectivity index (χ1v) is 11.7. The van der Waals surface area contributed by atoms with Gasteiger partial charge in [-0.2, -0.15) is 0 Å². The minimum absolute atomic E-state index is 0.0473. The molecule has 1 amide bonds. The van der Waals surface area contributed by atoms with Crippen molar-refractivity contribution in [2.24, 2.45) is 5.92 Å². The largest absolute Gasteiger partial charge is 0.332 e. The monoisotopic (exact) mass is 454 g/mol. The van der Waals surface area contributed by atoms with Gasteiger partial charge in [0.05, 0.1) is 10.6 Å². The molecule has 0 atom stereocenters. The van der Waals surface area contributed by atoms with E-state index in [4.69, 9.17) is 16.6 Å². The van der Waals surface area contributed by atoms with Crippen molar-refractivity contribution in [3.63, 3.8) is 0 Å². The summed E-state index contributed by atoms with van der Waals surface area (Å²) in [4.78, 5) is 20.1. The lowest BCUT2D eigenvalue weighted by Crippen LogP contribution is -2.59. The normalized spacial score (nSPS) is 18.7. The minimum atomic E-state index is -0.440. The van der Waals surface area contributed by atoms with Gasteiger partial charge in [0.15, 0.2) is 0 Å². The predicted molar refractivity (Wildman–Crippen MR) is 125 cm³/mol. The molecule has 0 bridgehead atoms. The number of hydrogen-bond acceptors (Lipinski definition) is 3. The van der Waals surface area contributed by atoms with Crippen LogP contribution in [0.15, 0.2) is 36.5 Å². The number of benzene rings is 1. The van der Waals surface area contributed by atoms with Crippen molar-refractivity contribution in [2.75, 3.05) is 19.6 Å². The van der Waals surface area contributed by atoms with E-state index in [1.54, 1.807) is 12.1 Å². The Kier molecular flexibility index (Phi) is 5.46. The van der Waals surface area contributed by atoms with Crippen molar-refractivity contribution in [3.8, 4) is 11.1 Å². The number of rotatable bonds is 4. The van der Waals surface area contributed by atoms with Crippen molar-refractivity contribution in [2.45, 2.75) is 45.2 Å². The molecular formula is C25H28ClFN4O. The van der Waals surface area contributed by atoms with Crippen molar-refractivity contribution < 1.29 is 9.18 Å². The zero-order valence-corrected chi connectivity index (χ0v) is 19.3. The first-order valence-electron chi connectivity index (χ1n) is 11.3. The molecule has 1 saturated heterocycles. The number of nitrogens with one attached hydrogen (secondary N) is 1. The second-order valence-electron chi connectivity index (χ2n) is 9.63. The highest BCUT2D eigenvalue weighted by Gasteiger charge is 2.34. The van der Waals surface area contributed by atoms with Crippen LogP contribution in [-0.2, 0) is 6.54 Å². The Balaban J connectivity index is 1.58. The third-order valence-electron chi connectivity index (χ3n) is 6.90. The summed E-state index contributed by atoms with van der Waals surface area (Å²) in [5.74, 6) is 0.132. The van der Waals surface area contributed by atoms with Crippen LogP contribution in [0.3, 0.4) is 0 Å². The quantitative estimate of drug-likeness (QED) is 0.595. The number of fused-ring (bicyclic) bond motifs is 1. The number of amides is 1. The van der Waals surface area contributed by atoms with E-state index >= 15 is 0 Å². The number of pyridine rings is 1. The van der Waals surface area contributed by atoms with Gasteiger partial charge >= 0.3 is 0 Å². The van der Waals surface area contributed by atoms with E-state index in [1.807, 2.05) is 23.2 Å². The van der Waals surface area contributed by atoms with Crippen LogP contribution in [0.1, 0.15) is 43.6 Å². The minimum Gasteiger partial charge on any atom is -0.332 e. The molecule has 5 nitrogen and oxygen atoms in total. The summed E-state index contributed by atoms with van der Waals surface area (Å²) in [6.45, 7) is 7.19. The molecule has 0 spiro atoms. The van der Waals surface area contributed by atoms with Gasteiger partial charge in [0.25, 0.3) is 5.91 Å². The average molecular weight is 455 g/mol. The summed E-state index contributed by atoms with van der Waals surface area (Å²) in [6.07, 6.45) is 5.71. The van der Waals surface area contributed by atoms with Crippen molar-refractivity contribution >= 4 is 28.5 Å². The van der Waals surface area contributed by atoms with Gasteiger partial charge in [-0.05, 0) is 62.4 Å². The zero-order chi connectivity index (χ0) is 22.5. The fourth-order valence-corrected chi connectivity index (χ4v) is 4.89. The Morgan fingerprint density at radius 1 is 1.28 bits per heavy atom. The maximum atomic E-state index is 14.2. The molecule has 2 aliphatic rings. The summed E-state index contributed by atoms with van der Waals surface area (Å²) in [5, 5.41) is 4.38. The molecule has 1 saturated carbocycles. The Bertz CT molecular complexity index is 1180. The fourth-order valence-electron chi connectivity index (χ4n) is 4.77. The second kappa shape index (κ2) is 8.16. The van der Waals surface area contributed by atoms with Gasteiger partial charge in [0.1, 0.15) is 17.2 Å². The summed E-state index contributed by atoms with van der Waals surface area (Å²) >= 11 is 5.90. The van der Waals surface area contributed by atoms with Crippen molar-refractivity contribution in [1.29, 1.82) is 0 Å². The molecule has 1 aromatic carbocycles. The molecule has 2 fully saturated rings. The van der Waals surface area contributed by atoms with Gasteiger partial charge in [-0.1, -0.05) is 24.1 Å². The van der Waals surface area contributed by atoms with Gasteiger partial charge in [-0.25, -0.2) is 9.37 Å². The van der Waals surface area contributed by atoms with Crippen molar-refractivity contribution in [1.82, 2.24) is 19.8 Å². The SMILES string of the molecule is CC1(C)CNCCN1C(=O)c1ccc2c(-c3ccc(Cl)c(F)c3)cn(CC3CCC3)c2n1. The van der Waals surface area contributed by atoms with E-state index in [0.717, 1.165) is 41.8 Å². The summed E-state index contributed by atoms with van der Waals surface area (Å²) in [6, 6.07) is 8.62. The van der Waals surface area contributed by atoms with Crippen LogP contribution in [-0.4, -0.2) is 45.5 Å². The number of carbonyl (C=O) groups is 1. The van der Waals surface area contributed by atoms with Crippen molar-refractivity contribution in [3.05, 3.63) is 53.1 Å². The molecule has 5 rings (SSSR count). The lowest BCUT2D eigenvalue weighted by atomic mass is 9.85. The maximum absolute atomic E-state index is 14.2. The highest BCUT2D eigenvalue weighted by Crippen LogP contribution is 2.35. The molecule has 32 heavy (non-hydrogen) atoms. The molecule has 7 heteroatoms. The number of piperazine rings is 1. The van der Waals surface area contributed by atoms with Crippen LogP contribution in [0, 0.1) is 11.7 Å². The third-order valence-corrected chi connectivity index (χ3v) is 7.20.